The molecule has 13 rings (SSSR count). The van der Waals surface area contributed by atoms with Crippen LogP contribution in [0.15, 0.2) is 175 Å². The van der Waals surface area contributed by atoms with Crippen LogP contribution in [0, 0.1) is 17.9 Å². The van der Waals surface area contributed by atoms with Gasteiger partial charge in [0.1, 0.15) is 18.0 Å². The van der Waals surface area contributed by atoms with Crippen molar-refractivity contribution in [1.29, 1.82) is 5.26 Å². The van der Waals surface area contributed by atoms with Crippen LogP contribution in [0.2, 0.25) is 0 Å². The van der Waals surface area contributed by atoms with E-state index in [9.17, 15) is 5.26 Å². The highest BCUT2D eigenvalue weighted by Crippen LogP contribution is 2.54. The molecule has 61 heavy (non-hydrogen) atoms. The second-order valence-corrected chi connectivity index (χ2v) is 15.4. The van der Waals surface area contributed by atoms with Gasteiger partial charge in [0.05, 0.1) is 51.1 Å². The molecule has 0 radical (unpaired) electrons. The zero-order valence-electron chi connectivity index (χ0n) is 32.3. The molecule has 0 unspecified atom stereocenters. The van der Waals surface area contributed by atoms with Crippen LogP contribution in [0.25, 0.3) is 126 Å². The lowest BCUT2D eigenvalue weighted by Gasteiger charge is -2.25. The summed E-state index contributed by atoms with van der Waals surface area (Å²) in [5.41, 5.74) is 11.1. The third kappa shape index (κ3) is 4.33. The number of benzene rings is 9. The lowest BCUT2D eigenvalue weighted by atomic mass is 9.88. The molecule has 0 aliphatic rings. The van der Waals surface area contributed by atoms with Crippen molar-refractivity contribution in [2.75, 3.05) is 0 Å². The molecule has 7 nitrogen and oxygen atoms in total. The number of para-hydroxylation sites is 2. The van der Waals surface area contributed by atoms with Crippen LogP contribution in [0.4, 0.5) is 5.69 Å². The Morgan fingerprint density at radius 3 is 1.92 bits per heavy atom. The third-order valence-corrected chi connectivity index (χ3v) is 12.5. The van der Waals surface area contributed by atoms with Gasteiger partial charge in [-0.05, 0) is 46.8 Å². The first-order chi connectivity index (χ1) is 30.2. The topological polar surface area (TPSA) is 76.9 Å². The number of aromatic nitrogens is 4. The van der Waals surface area contributed by atoms with Crippen LogP contribution in [0.3, 0.4) is 0 Å². The first-order valence-electron chi connectivity index (χ1n) is 20.1. The van der Waals surface area contributed by atoms with Crippen molar-refractivity contribution in [2.45, 2.75) is 0 Å². The highest BCUT2D eigenvalue weighted by molar-refractivity contribution is 6.34. The van der Waals surface area contributed by atoms with E-state index in [1.807, 2.05) is 79.0 Å². The van der Waals surface area contributed by atoms with Crippen molar-refractivity contribution in [3.05, 3.63) is 187 Å². The van der Waals surface area contributed by atoms with Crippen LogP contribution < -0.4 is 0 Å². The maximum atomic E-state index is 11.8. The molecule has 0 amide bonds. The Morgan fingerprint density at radius 1 is 0.541 bits per heavy atom. The van der Waals surface area contributed by atoms with Crippen molar-refractivity contribution >= 4 is 92.9 Å². The minimum absolute atomic E-state index is 0.381. The summed E-state index contributed by atoms with van der Waals surface area (Å²) in [6, 6.07) is 56.2. The lowest BCUT2D eigenvalue weighted by molar-refractivity contribution is 0.671. The molecule has 0 saturated heterocycles. The first-order valence-corrected chi connectivity index (χ1v) is 20.1. The quantitative estimate of drug-likeness (QED) is 0.132. The van der Waals surface area contributed by atoms with Gasteiger partial charge in [-0.25, -0.2) is 14.8 Å². The van der Waals surface area contributed by atoms with Gasteiger partial charge >= 0.3 is 0 Å². The number of furan rings is 1. The minimum atomic E-state index is 0.381. The molecular formula is C54H28N6O. The summed E-state index contributed by atoms with van der Waals surface area (Å²) in [6.07, 6.45) is 3.50. The molecular weight excluding hydrogens is 749 g/mol. The molecule has 0 aliphatic heterocycles. The Hall–Kier alpha value is -8.78. The molecule has 13 aromatic rings. The Morgan fingerprint density at radius 2 is 1.16 bits per heavy atom. The van der Waals surface area contributed by atoms with Crippen molar-refractivity contribution < 1.29 is 4.42 Å². The summed E-state index contributed by atoms with van der Waals surface area (Å²) in [5, 5.41) is 20.9. The van der Waals surface area contributed by atoms with Crippen LogP contribution in [0.1, 0.15) is 5.56 Å². The maximum Gasteiger partial charge on any atom is 0.220 e. The predicted molar refractivity (Wildman–Crippen MR) is 246 cm³/mol. The molecule has 0 atom stereocenters. The number of nitrogens with zero attached hydrogens (tertiary/aromatic N) is 6. The van der Waals surface area contributed by atoms with Gasteiger partial charge in [0, 0.05) is 60.4 Å². The van der Waals surface area contributed by atoms with Gasteiger partial charge in [-0.15, -0.1) is 0 Å². The lowest BCUT2D eigenvalue weighted by Crippen LogP contribution is -2.08. The fourth-order valence-corrected chi connectivity index (χ4v) is 10.1. The van der Waals surface area contributed by atoms with E-state index < -0.39 is 0 Å². The Balaban J connectivity index is 1.34. The molecule has 0 spiro atoms. The van der Waals surface area contributed by atoms with E-state index in [4.69, 9.17) is 16.0 Å². The number of fused-ring (bicyclic) bond motifs is 10. The standard InChI is InChI=1S/C54H28N6O/c1-56-50-45(31-14-4-2-5-15-31)39(28-55)51(60-41-22-10-8-18-33(41)36-26-27-37-34-19-9-11-25-44(34)61-54(37)52(36)60)46(32-16-6-3-7-17-32)53(50)59-42-23-12-20-35-40-29-57-30-58-49(40)38-21-13-24-43(59)48(38)47(35)42/h2-27,29-30H. The molecule has 0 N–H and O–H groups in total. The molecule has 0 saturated carbocycles. The molecule has 0 fully saturated rings. The van der Waals surface area contributed by atoms with Crippen LogP contribution in [-0.2, 0) is 0 Å². The zero-order chi connectivity index (χ0) is 40.3. The van der Waals surface area contributed by atoms with Gasteiger partial charge in [-0.1, -0.05) is 127 Å². The van der Waals surface area contributed by atoms with Gasteiger partial charge in [-0.3, -0.25) is 0 Å². The van der Waals surface area contributed by atoms with E-state index in [0.29, 0.717) is 28.2 Å². The van der Waals surface area contributed by atoms with E-state index in [1.165, 1.54) is 0 Å². The molecule has 9 aromatic carbocycles. The van der Waals surface area contributed by atoms with E-state index >= 15 is 0 Å². The van der Waals surface area contributed by atoms with Crippen molar-refractivity contribution in [1.82, 2.24) is 19.1 Å². The molecule has 4 aromatic heterocycles. The normalized spacial score (nSPS) is 11.9. The summed E-state index contributed by atoms with van der Waals surface area (Å²) in [7, 11) is 0. The molecule has 4 heterocycles. The van der Waals surface area contributed by atoms with Crippen molar-refractivity contribution in [2.24, 2.45) is 0 Å². The Kier molecular flexibility index (Phi) is 6.73. The second-order valence-electron chi connectivity index (χ2n) is 15.4. The van der Waals surface area contributed by atoms with Gasteiger partial charge in [0.15, 0.2) is 5.58 Å². The average Bonchev–Trinajstić information content (AvgIpc) is 3.99. The third-order valence-electron chi connectivity index (χ3n) is 12.5. The monoisotopic (exact) mass is 776 g/mol. The fraction of sp³-hybridized carbons (Fsp3) is 0. The van der Waals surface area contributed by atoms with Crippen LogP contribution in [-0.4, -0.2) is 19.1 Å². The van der Waals surface area contributed by atoms with Gasteiger partial charge in [0.2, 0.25) is 5.69 Å². The summed E-state index contributed by atoms with van der Waals surface area (Å²) < 4.78 is 11.3. The van der Waals surface area contributed by atoms with E-state index in [-0.39, 0.29) is 0 Å². The predicted octanol–water partition coefficient (Wildman–Crippen LogP) is 14.1. The minimum Gasteiger partial charge on any atom is -0.454 e. The van der Waals surface area contributed by atoms with Gasteiger partial charge in [0.25, 0.3) is 0 Å². The average molecular weight is 777 g/mol. The van der Waals surface area contributed by atoms with Crippen LogP contribution in [0.5, 0.6) is 0 Å². The smallest absolute Gasteiger partial charge is 0.220 e. The van der Waals surface area contributed by atoms with E-state index in [0.717, 1.165) is 104 Å². The molecule has 0 bridgehead atoms. The van der Waals surface area contributed by atoms with Crippen LogP contribution >= 0.6 is 0 Å². The largest absolute Gasteiger partial charge is 0.454 e. The summed E-state index contributed by atoms with van der Waals surface area (Å²) in [6.45, 7) is 9.17. The highest BCUT2D eigenvalue weighted by Gasteiger charge is 2.33. The Labute approximate surface area is 347 Å². The molecule has 0 aliphatic carbocycles. The number of hydrogen-bond donors (Lipinski definition) is 0. The number of hydrogen-bond acceptors (Lipinski definition) is 4. The summed E-state index contributed by atoms with van der Waals surface area (Å²) in [5.74, 6) is 0. The Bertz CT molecular complexity index is 3980. The van der Waals surface area contributed by atoms with Gasteiger partial charge in [-0.2, -0.15) is 5.26 Å². The summed E-state index contributed by atoms with van der Waals surface area (Å²) in [4.78, 5) is 13.7. The van der Waals surface area contributed by atoms with Crippen molar-refractivity contribution in [3.63, 3.8) is 0 Å². The summed E-state index contributed by atoms with van der Waals surface area (Å²) >= 11 is 0. The molecule has 280 valence electrons. The maximum absolute atomic E-state index is 11.8. The first kappa shape index (κ1) is 33.2. The number of rotatable bonds is 4. The zero-order valence-corrected chi connectivity index (χ0v) is 32.3. The number of nitriles is 1. The van der Waals surface area contributed by atoms with E-state index in [2.05, 4.69) is 110 Å². The molecule has 7 heteroatoms. The second kappa shape index (κ2) is 12.4. The fourth-order valence-electron chi connectivity index (χ4n) is 10.1. The van der Waals surface area contributed by atoms with Gasteiger partial charge < -0.3 is 13.6 Å². The highest BCUT2D eigenvalue weighted by atomic mass is 16.3. The van der Waals surface area contributed by atoms with E-state index in [1.54, 1.807) is 6.33 Å². The van der Waals surface area contributed by atoms with Crippen molar-refractivity contribution in [3.8, 4) is 39.7 Å². The SMILES string of the molecule is [C-]#[N+]c1c(-c2ccccc2)c(C#N)c(-n2c3ccccc3c3ccc4c5ccccc5oc4c32)c(-c2ccccc2)c1-n1c2cccc3c4cncnc4c4cccc1c4c32.